The molecular weight excluding hydrogens is 257 g/mol. The van der Waals surface area contributed by atoms with E-state index in [2.05, 4.69) is 5.32 Å². The maximum absolute atomic E-state index is 13.3. The van der Waals surface area contributed by atoms with E-state index in [1.807, 2.05) is 31.2 Å². The number of para-hydroxylation sites is 2. The van der Waals surface area contributed by atoms with Gasteiger partial charge in [0.2, 0.25) is 5.91 Å². The highest BCUT2D eigenvalue weighted by molar-refractivity contribution is 5.91. The minimum atomic E-state index is -0.424. The number of amides is 1. The van der Waals surface area contributed by atoms with E-state index in [1.165, 1.54) is 12.1 Å². The largest absolute Gasteiger partial charge is 0.490 e. The van der Waals surface area contributed by atoms with Gasteiger partial charge in [0.1, 0.15) is 0 Å². The molecule has 0 radical (unpaired) electrons. The van der Waals surface area contributed by atoms with Gasteiger partial charge in [-0.3, -0.25) is 4.79 Å². The fourth-order valence-electron chi connectivity index (χ4n) is 1.74. The molecule has 0 bridgehead atoms. The predicted molar refractivity (Wildman–Crippen MR) is 76.3 cm³/mol. The molecular formula is C16H16FNO2. The van der Waals surface area contributed by atoms with Crippen LogP contribution in [-0.4, -0.2) is 12.5 Å². The number of carbonyl (C=O) groups excluding carboxylic acids is 1. The maximum atomic E-state index is 13.3. The van der Waals surface area contributed by atoms with Crippen molar-refractivity contribution < 1.29 is 13.9 Å². The number of ether oxygens (including phenoxy) is 1. The SMILES string of the molecule is Cc1ccccc1NC(=O)CCOc1ccccc1F. The van der Waals surface area contributed by atoms with Crippen LogP contribution in [0.3, 0.4) is 0 Å². The molecule has 0 aliphatic carbocycles. The molecule has 4 heteroatoms. The minimum Gasteiger partial charge on any atom is -0.490 e. The van der Waals surface area contributed by atoms with Gasteiger partial charge in [-0.05, 0) is 30.7 Å². The fraction of sp³-hybridized carbons (Fsp3) is 0.188. The Balaban J connectivity index is 1.82. The highest BCUT2D eigenvalue weighted by atomic mass is 19.1. The van der Waals surface area contributed by atoms with Crippen LogP contribution < -0.4 is 10.1 Å². The Morgan fingerprint density at radius 1 is 1.15 bits per heavy atom. The lowest BCUT2D eigenvalue weighted by molar-refractivity contribution is -0.116. The van der Waals surface area contributed by atoms with Gasteiger partial charge >= 0.3 is 0 Å². The molecule has 2 aromatic carbocycles. The summed E-state index contributed by atoms with van der Waals surface area (Å²) in [6, 6.07) is 13.7. The van der Waals surface area contributed by atoms with E-state index in [1.54, 1.807) is 12.1 Å². The van der Waals surface area contributed by atoms with Gasteiger partial charge in [0.05, 0.1) is 13.0 Å². The van der Waals surface area contributed by atoms with Crippen LogP contribution >= 0.6 is 0 Å². The molecule has 0 atom stereocenters. The van der Waals surface area contributed by atoms with Crippen LogP contribution in [-0.2, 0) is 4.79 Å². The third kappa shape index (κ3) is 3.82. The highest BCUT2D eigenvalue weighted by Gasteiger charge is 2.06. The summed E-state index contributed by atoms with van der Waals surface area (Å²) in [6.07, 6.45) is 0.169. The van der Waals surface area contributed by atoms with Gasteiger partial charge in [0, 0.05) is 5.69 Å². The molecule has 104 valence electrons. The van der Waals surface area contributed by atoms with Gasteiger partial charge in [-0.15, -0.1) is 0 Å². The van der Waals surface area contributed by atoms with E-state index in [4.69, 9.17) is 4.74 Å². The molecule has 0 aromatic heterocycles. The first-order valence-corrected chi connectivity index (χ1v) is 6.39. The van der Waals surface area contributed by atoms with Gasteiger partial charge < -0.3 is 10.1 Å². The smallest absolute Gasteiger partial charge is 0.227 e. The summed E-state index contributed by atoms with van der Waals surface area (Å²) in [5.74, 6) is -0.418. The molecule has 0 saturated carbocycles. The van der Waals surface area contributed by atoms with Crippen LogP contribution in [0.5, 0.6) is 5.75 Å². The molecule has 1 amide bonds. The van der Waals surface area contributed by atoms with Crippen molar-refractivity contribution >= 4 is 11.6 Å². The zero-order chi connectivity index (χ0) is 14.4. The number of carbonyl (C=O) groups is 1. The standard InChI is InChI=1S/C16H16FNO2/c1-12-6-2-4-8-14(12)18-16(19)10-11-20-15-9-5-3-7-13(15)17/h2-9H,10-11H2,1H3,(H,18,19). The summed E-state index contributed by atoms with van der Waals surface area (Å²) >= 11 is 0. The molecule has 2 rings (SSSR count). The summed E-state index contributed by atoms with van der Waals surface area (Å²) in [5, 5.41) is 2.80. The maximum Gasteiger partial charge on any atom is 0.227 e. The Labute approximate surface area is 117 Å². The van der Waals surface area contributed by atoms with Crippen molar-refractivity contribution in [2.45, 2.75) is 13.3 Å². The summed E-state index contributed by atoms with van der Waals surface area (Å²) in [5.41, 5.74) is 1.78. The van der Waals surface area contributed by atoms with Crippen molar-refractivity contribution in [3.05, 3.63) is 59.9 Å². The summed E-state index contributed by atoms with van der Waals surface area (Å²) in [4.78, 5) is 11.8. The van der Waals surface area contributed by atoms with Gasteiger partial charge in [-0.25, -0.2) is 4.39 Å². The number of halogens is 1. The molecule has 0 heterocycles. The number of hydrogen-bond acceptors (Lipinski definition) is 2. The molecule has 3 nitrogen and oxygen atoms in total. The van der Waals surface area contributed by atoms with Crippen LogP contribution in [0.1, 0.15) is 12.0 Å². The lowest BCUT2D eigenvalue weighted by Gasteiger charge is -2.09. The number of anilines is 1. The van der Waals surface area contributed by atoms with Crippen LogP contribution in [0.25, 0.3) is 0 Å². The van der Waals surface area contributed by atoms with Gasteiger partial charge in [0.25, 0.3) is 0 Å². The zero-order valence-electron chi connectivity index (χ0n) is 11.2. The summed E-state index contributed by atoms with van der Waals surface area (Å²) in [7, 11) is 0. The molecule has 0 saturated heterocycles. The van der Waals surface area contributed by atoms with Gasteiger partial charge in [-0.1, -0.05) is 30.3 Å². The van der Waals surface area contributed by atoms with E-state index < -0.39 is 5.82 Å². The first-order chi connectivity index (χ1) is 9.66. The van der Waals surface area contributed by atoms with Crippen molar-refractivity contribution in [1.82, 2.24) is 0 Å². The monoisotopic (exact) mass is 273 g/mol. The fourth-order valence-corrected chi connectivity index (χ4v) is 1.74. The highest BCUT2D eigenvalue weighted by Crippen LogP contribution is 2.16. The van der Waals surface area contributed by atoms with Crippen molar-refractivity contribution in [2.24, 2.45) is 0 Å². The Bertz CT molecular complexity index is 599. The predicted octanol–water partition coefficient (Wildman–Crippen LogP) is 3.54. The topological polar surface area (TPSA) is 38.3 Å². The van der Waals surface area contributed by atoms with Gasteiger partial charge in [-0.2, -0.15) is 0 Å². The molecule has 2 aromatic rings. The quantitative estimate of drug-likeness (QED) is 0.904. The Morgan fingerprint density at radius 3 is 2.60 bits per heavy atom. The molecule has 0 fully saturated rings. The molecule has 0 aliphatic heterocycles. The third-order valence-corrected chi connectivity index (χ3v) is 2.84. The van der Waals surface area contributed by atoms with E-state index in [0.717, 1.165) is 11.3 Å². The number of hydrogen-bond donors (Lipinski definition) is 1. The second-order valence-electron chi connectivity index (χ2n) is 4.39. The first-order valence-electron chi connectivity index (χ1n) is 6.39. The normalized spacial score (nSPS) is 10.1. The van der Waals surface area contributed by atoms with E-state index in [0.29, 0.717) is 0 Å². The lowest BCUT2D eigenvalue weighted by atomic mass is 10.2. The van der Waals surface area contributed by atoms with Crippen molar-refractivity contribution in [2.75, 3.05) is 11.9 Å². The van der Waals surface area contributed by atoms with Crippen molar-refractivity contribution in [3.63, 3.8) is 0 Å². The summed E-state index contributed by atoms with van der Waals surface area (Å²) < 4.78 is 18.5. The number of rotatable bonds is 5. The Hall–Kier alpha value is -2.36. The van der Waals surface area contributed by atoms with Crippen LogP contribution in [0.2, 0.25) is 0 Å². The number of benzene rings is 2. The average molecular weight is 273 g/mol. The zero-order valence-corrected chi connectivity index (χ0v) is 11.2. The molecule has 0 aliphatic rings. The van der Waals surface area contributed by atoms with Crippen molar-refractivity contribution in [3.8, 4) is 5.75 Å². The first kappa shape index (κ1) is 14.1. The number of aryl methyl sites for hydroxylation is 1. The second-order valence-corrected chi connectivity index (χ2v) is 4.39. The molecule has 0 spiro atoms. The van der Waals surface area contributed by atoms with Crippen LogP contribution in [0.4, 0.5) is 10.1 Å². The van der Waals surface area contributed by atoms with Crippen molar-refractivity contribution in [1.29, 1.82) is 0 Å². The van der Waals surface area contributed by atoms with Crippen LogP contribution in [0.15, 0.2) is 48.5 Å². The van der Waals surface area contributed by atoms with E-state index in [-0.39, 0.29) is 24.7 Å². The summed E-state index contributed by atoms with van der Waals surface area (Å²) in [6.45, 7) is 2.06. The molecule has 20 heavy (non-hydrogen) atoms. The van der Waals surface area contributed by atoms with Gasteiger partial charge in [0.15, 0.2) is 11.6 Å². The molecule has 0 unspecified atom stereocenters. The third-order valence-electron chi connectivity index (χ3n) is 2.84. The Morgan fingerprint density at radius 2 is 1.85 bits per heavy atom. The lowest BCUT2D eigenvalue weighted by Crippen LogP contribution is -2.16. The van der Waals surface area contributed by atoms with Crippen LogP contribution in [0, 0.1) is 12.7 Å². The number of nitrogens with one attached hydrogen (secondary N) is 1. The molecule has 1 N–H and O–H groups in total. The average Bonchev–Trinajstić information content (AvgIpc) is 2.43. The second kappa shape index (κ2) is 6.70. The minimum absolute atomic E-state index is 0.138. The van der Waals surface area contributed by atoms with E-state index >= 15 is 0 Å². The van der Waals surface area contributed by atoms with E-state index in [9.17, 15) is 9.18 Å². The Kier molecular flexibility index (Phi) is 4.71.